The Hall–Kier alpha value is -1.94. The minimum Gasteiger partial charge on any atom is -0.462 e. The molecule has 3 N–H and O–H groups in total. The van der Waals surface area contributed by atoms with Crippen molar-refractivity contribution in [3.63, 3.8) is 0 Å². The second kappa shape index (κ2) is 61.9. The quantitative estimate of drug-likeness (QED) is 0.0222. The summed E-state index contributed by atoms with van der Waals surface area (Å²) in [4.78, 5) is 72.3. The zero-order chi connectivity index (χ0) is 63.3. The summed E-state index contributed by atoms with van der Waals surface area (Å²) in [6.45, 7) is 4.90. The molecule has 0 aromatic heterocycles. The fraction of sp³-hybridized carbons (Fsp3) is 0.940. The number of phosphoric acid groups is 2. The average Bonchev–Trinajstić information content (AvgIpc) is 3.70. The number of rotatable bonds is 68. The van der Waals surface area contributed by atoms with E-state index in [2.05, 4.69) is 27.7 Å². The standard InChI is InChI=1S/C67H130O17P2/c1-5-9-13-17-21-25-28-30-31-32-35-36-40-44-48-52-65(70)78-58-63(84-67(72)54-50-46-42-38-34-29-26-22-18-14-10-6-2)60-82-86(75,76)80-56-61(68)55-79-85(73,74)81-59-62(57-77-64(69)51-47-43-39-24-20-16-12-8-4)83-66(71)53-49-45-41-37-33-27-23-19-15-11-7-3/h61-63,68H,5-60H2,1-4H3,(H,73,74)(H,75,76)/t61-,62+,63+/m0/s1. The van der Waals surface area contributed by atoms with Crippen LogP contribution in [0.15, 0.2) is 0 Å². The predicted octanol–water partition coefficient (Wildman–Crippen LogP) is 19.1. The summed E-state index contributed by atoms with van der Waals surface area (Å²) in [5.41, 5.74) is 0. The molecule has 19 heteroatoms. The molecular weight excluding hydrogens is 1140 g/mol. The molecule has 0 fully saturated rings. The third-order valence-corrected chi connectivity index (χ3v) is 17.5. The van der Waals surface area contributed by atoms with Gasteiger partial charge in [0.15, 0.2) is 12.2 Å². The van der Waals surface area contributed by atoms with Crippen LogP contribution < -0.4 is 0 Å². The zero-order valence-electron chi connectivity index (χ0n) is 55.3. The van der Waals surface area contributed by atoms with Crippen molar-refractivity contribution in [1.82, 2.24) is 0 Å². The lowest BCUT2D eigenvalue weighted by Crippen LogP contribution is -2.30. The van der Waals surface area contributed by atoms with Gasteiger partial charge >= 0.3 is 39.5 Å². The molecule has 0 saturated heterocycles. The van der Waals surface area contributed by atoms with E-state index in [9.17, 15) is 43.2 Å². The minimum atomic E-state index is -4.95. The summed E-state index contributed by atoms with van der Waals surface area (Å²) in [5.74, 6) is -2.13. The number of carbonyl (C=O) groups is 4. The summed E-state index contributed by atoms with van der Waals surface area (Å²) in [7, 11) is -9.89. The summed E-state index contributed by atoms with van der Waals surface area (Å²) in [6, 6.07) is 0. The summed E-state index contributed by atoms with van der Waals surface area (Å²) >= 11 is 0. The molecule has 17 nitrogen and oxygen atoms in total. The lowest BCUT2D eigenvalue weighted by Gasteiger charge is -2.21. The van der Waals surface area contributed by atoms with Gasteiger partial charge in [0.25, 0.3) is 0 Å². The number of aliphatic hydroxyl groups is 1. The molecule has 0 radical (unpaired) electrons. The van der Waals surface area contributed by atoms with Crippen molar-refractivity contribution in [2.24, 2.45) is 0 Å². The molecule has 0 amide bonds. The van der Waals surface area contributed by atoms with Crippen LogP contribution in [-0.4, -0.2) is 96.7 Å². The van der Waals surface area contributed by atoms with E-state index in [1.54, 1.807) is 0 Å². The largest absolute Gasteiger partial charge is 0.472 e. The summed E-state index contributed by atoms with van der Waals surface area (Å²) in [6.07, 6.45) is 48.5. The molecular formula is C67H130O17P2. The van der Waals surface area contributed by atoms with Crippen molar-refractivity contribution < 1.29 is 80.2 Å². The van der Waals surface area contributed by atoms with E-state index >= 15 is 0 Å². The first-order valence-electron chi connectivity index (χ1n) is 35.3. The van der Waals surface area contributed by atoms with Gasteiger partial charge < -0.3 is 33.8 Å². The van der Waals surface area contributed by atoms with E-state index in [1.807, 2.05) is 0 Å². The van der Waals surface area contributed by atoms with Crippen LogP contribution in [0.3, 0.4) is 0 Å². The van der Waals surface area contributed by atoms with Gasteiger partial charge in [0.05, 0.1) is 26.4 Å². The maximum Gasteiger partial charge on any atom is 0.472 e. The van der Waals surface area contributed by atoms with Crippen molar-refractivity contribution in [2.75, 3.05) is 39.6 Å². The normalized spacial score (nSPS) is 14.1. The van der Waals surface area contributed by atoms with Crippen LogP contribution in [-0.2, 0) is 65.4 Å². The van der Waals surface area contributed by atoms with Gasteiger partial charge in [0, 0.05) is 25.7 Å². The Morgan fingerprint density at radius 1 is 0.279 bits per heavy atom. The molecule has 5 atom stereocenters. The highest BCUT2D eigenvalue weighted by molar-refractivity contribution is 7.47. The summed E-state index contributed by atoms with van der Waals surface area (Å²) < 4.78 is 68.1. The minimum absolute atomic E-state index is 0.107. The van der Waals surface area contributed by atoms with E-state index in [-0.39, 0.29) is 25.7 Å². The molecule has 0 aromatic rings. The maximum absolute atomic E-state index is 13.0. The van der Waals surface area contributed by atoms with Crippen LogP contribution in [0.25, 0.3) is 0 Å². The summed E-state index contributed by atoms with van der Waals surface area (Å²) in [5, 5.41) is 10.6. The van der Waals surface area contributed by atoms with Crippen molar-refractivity contribution in [3.8, 4) is 0 Å². The lowest BCUT2D eigenvalue weighted by atomic mass is 10.0. The molecule has 86 heavy (non-hydrogen) atoms. The van der Waals surface area contributed by atoms with Gasteiger partial charge in [0.2, 0.25) is 0 Å². The van der Waals surface area contributed by atoms with Gasteiger partial charge in [0.1, 0.15) is 19.3 Å². The first-order chi connectivity index (χ1) is 41.7. The highest BCUT2D eigenvalue weighted by atomic mass is 31.2. The Bertz CT molecular complexity index is 1650. The molecule has 0 aliphatic carbocycles. The van der Waals surface area contributed by atoms with Gasteiger partial charge in [-0.05, 0) is 25.7 Å². The van der Waals surface area contributed by atoms with Crippen molar-refractivity contribution in [2.45, 2.75) is 367 Å². The van der Waals surface area contributed by atoms with Crippen LogP contribution in [0.4, 0.5) is 0 Å². The van der Waals surface area contributed by atoms with Crippen molar-refractivity contribution >= 4 is 39.5 Å². The fourth-order valence-electron chi connectivity index (χ4n) is 10.2. The number of esters is 4. The van der Waals surface area contributed by atoms with Crippen LogP contribution in [0, 0.1) is 0 Å². The van der Waals surface area contributed by atoms with Crippen molar-refractivity contribution in [3.05, 3.63) is 0 Å². The van der Waals surface area contributed by atoms with Crippen molar-refractivity contribution in [1.29, 1.82) is 0 Å². The van der Waals surface area contributed by atoms with E-state index in [1.165, 1.54) is 173 Å². The predicted molar refractivity (Wildman–Crippen MR) is 345 cm³/mol. The Morgan fingerprint density at radius 2 is 0.465 bits per heavy atom. The molecule has 0 bridgehead atoms. The van der Waals surface area contributed by atoms with E-state index < -0.39 is 97.5 Å². The number of hydrogen-bond donors (Lipinski definition) is 3. The first kappa shape index (κ1) is 84.1. The molecule has 0 aliphatic rings. The molecule has 0 heterocycles. The topological polar surface area (TPSA) is 237 Å². The fourth-order valence-corrected chi connectivity index (χ4v) is 11.7. The number of hydrogen-bond acceptors (Lipinski definition) is 15. The van der Waals surface area contributed by atoms with E-state index in [0.717, 1.165) is 96.3 Å². The molecule has 2 unspecified atom stereocenters. The zero-order valence-corrected chi connectivity index (χ0v) is 57.1. The maximum atomic E-state index is 13.0. The van der Waals surface area contributed by atoms with Gasteiger partial charge in [-0.3, -0.25) is 37.3 Å². The highest BCUT2D eigenvalue weighted by Gasteiger charge is 2.30. The third-order valence-electron chi connectivity index (χ3n) is 15.6. The number of unbranched alkanes of at least 4 members (excludes halogenated alkanes) is 42. The lowest BCUT2D eigenvalue weighted by molar-refractivity contribution is -0.161. The monoisotopic (exact) mass is 1270 g/mol. The van der Waals surface area contributed by atoms with Crippen LogP contribution in [0.2, 0.25) is 0 Å². The molecule has 0 aromatic carbocycles. The molecule has 510 valence electrons. The average molecular weight is 1270 g/mol. The number of ether oxygens (including phenoxy) is 4. The van der Waals surface area contributed by atoms with Crippen LogP contribution in [0.1, 0.15) is 349 Å². The van der Waals surface area contributed by atoms with Crippen LogP contribution in [0.5, 0.6) is 0 Å². The van der Waals surface area contributed by atoms with Gasteiger partial charge in [-0.15, -0.1) is 0 Å². The molecule has 0 spiro atoms. The van der Waals surface area contributed by atoms with E-state index in [0.29, 0.717) is 25.7 Å². The number of aliphatic hydroxyl groups excluding tert-OH is 1. The highest BCUT2D eigenvalue weighted by Crippen LogP contribution is 2.45. The molecule has 0 aliphatic heterocycles. The Labute approximate surface area is 524 Å². The Balaban J connectivity index is 5.21. The SMILES string of the molecule is CCCCCCCCCCCCCCCCCC(=O)OC[C@H](COP(=O)(O)OC[C@@H](O)COP(=O)(O)OC[C@@H](COC(=O)CCCCCCCCCC)OC(=O)CCCCCCCCCCCCC)OC(=O)CCCCCCCCCCCCCC. The van der Waals surface area contributed by atoms with Gasteiger partial charge in [-0.25, -0.2) is 9.13 Å². The molecule has 0 saturated carbocycles. The first-order valence-corrected chi connectivity index (χ1v) is 38.3. The second-order valence-electron chi connectivity index (χ2n) is 24.2. The molecule has 0 rings (SSSR count). The van der Waals surface area contributed by atoms with E-state index in [4.69, 9.17) is 37.0 Å². The Kier molecular flexibility index (Phi) is 60.5. The van der Waals surface area contributed by atoms with Gasteiger partial charge in [-0.1, -0.05) is 297 Å². The smallest absolute Gasteiger partial charge is 0.462 e. The van der Waals surface area contributed by atoms with Gasteiger partial charge in [-0.2, -0.15) is 0 Å². The third kappa shape index (κ3) is 60.9. The van der Waals surface area contributed by atoms with Crippen LogP contribution >= 0.6 is 15.6 Å². The second-order valence-corrected chi connectivity index (χ2v) is 27.1. The number of phosphoric ester groups is 2. The number of carbonyl (C=O) groups excluding carboxylic acids is 4. The Morgan fingerprint density at radius 3 is 0.686 bits per heavy atom.